The van der Waals surface area contributed by atoms with Gasteiger partial charge in [-0.3, -0.25) is 4.79 Å². The third-order valence-electron chi connectivity index (χ3n) is 26.7. The van der Waals surface area contributed by atoms with Crippen LogP contribution in [0.4, 0.5) is 48.1 Å². The number of anilines is 6. The van der Waals surface area contributed by atoms with Gasteiger partial charge in [0.1, 0.15) is 23.1 Å². The fourth-order valence-electron chi connectivity index (χ4n) is 19.8. The van der Waals surface area contributed by atoms with Gasteiger partial charge >= 0.3 is 30.1 Å². The molecule has 34 heteroatoms. The van der Waals surface area contributed by atoms with E-state index >= 15 is 0 Å². The number of hydrogen-bond donors (Lipinski definition) is 1. The van der Waals surface area contributed by atoms with Gasteiger partial charge in [-0.05, 0) is 192 Å². The first-order valence-electron chi connectivity index (χ1n) is 46.6. The number of hydrogen-bond acceptors (Lipinski definition) is 25. The summed E-state index contributed by atoms with van der Waals surface area (Å²) in [6.07, 6.45) is 11.8. The van der Waals surface area contributed by atoms with E-state index in [1.54, 1.807) is 4.90 Å². The van der Waals surface area contributed by atoms with E-state index < -0.39 is 35.2 Å². The van der Waals surface area contributed by atoms with Gasteiger partial charge in [-0.1, -0.05) is 121 Å². The number of halogens is 5. The Bertz CT molecular complexity index is 6010. The second kappa shape index (κ2) is 43.6. The molecule has 9 aromatic rings. The van der Waals surface area contributed by atoms with Crippen molar-refractivity contribution >= 4 is 133 Å². The molecular weight excluding hydrogens is 1810 g/mol. The van der Waals surface area contributed by atoms with Crippen molar-refractivity contribution in [1.82, 2.24) is 54.4 Å². The van der Waals surface area contributed by atoms with Crippen molar-refractivity contribution in [3.05, 3.63) is 183 Å². The van der Waals surface area contributed by atoms with Crippen molar-refractivity contribution in [2.24, 2.45) is 22.2 Å². The molecule has 3 aliphatic carbocycles. The van der Waals surface area contributed by atoms with Gasteiger partial charge in [-0.15, -0.1) is 0 Å². The zero-order valence-electron chi connectivity index (χ0n) is 79.2. The maximum Gasteiger partial charge on any atom is 0.410 e. The highest BCUT2D eigenvalue weighted by molar-refractivity contribution is 7.59. The summed E-state index contributed by atoms with van der Waals surface area (Å²) >= 11 is 20.1. The molecule has 2 amide bonds. The van der Waals surface area contributed by atoms with Crippen LogP contribution in [0.25, 0.3) is 32.3 Å². The predicted octanol–water partition coefficient (Wildman–Crippen LogP) is 17.3. The van der Waals surface area contributed by atoms with Crippen molar-refractivity contribution in [3.63, 3.8) is 0 Å². The van der Waals surface area contributed by atoms with Gasteiger partial charge in [0, 0.05) is 164 Å². The van der Waals surface area contributed by atoms with Crippen molar-refractivity contribution in [3.8, 4) is 36.2 Å². The number of nitriles is 3. The third kappa shape index (κ3) is 24.2. The summed E-state index contributed by atoms with van der Waals surface area (Å²) < 4.78 is 49.6. The molecule has 28 nitrogen and oxygen atoms in total. The molecule has 6 aliphatic heterocycles. The van der Waals surface area contributed by atoms with Crippen LogP contribution in [0.5, 0.6) is 18.0 Å². The molecule has 3 aromatic heterocycles. The molecule has 6 aromatic carbocycles. The Hall–Kier alpha value is -11.3. The van der Waals surface area contributed by atoms with E-state index in [1.165, 1.54) is 23.3 Å². The summed E-state index contributed by atoms with van der Waals surface area (Å²) in [7, 11) is 12.6. The van der Waals surface area contributed by atoms with Gasteiger partial charge in [-0.25, -0.2) is 14.0 Å². The molecule has 9 heterocycles. The zero-order valence-corrected chi connectivity index (χ0v) is 82.5. The van der Waals surface area contributed by atoms with Gasteiger partial charge in [0.25, 0.3) is 5.91 Å². The minimum absolute atomic E-state index is 0. The van der Waals surface area contributed by atoms with Gasteiger partial charge in [0.2, 0.25) is 5.83 Å². The van der Waals surface area contributed by atoms with E-state index in [0.717, 1.165) is 209 Å². The standard InChI is InChI=1S/C35H44ClN7O3.C33H37ClFN7O2.C31H37ClN6O.C3H3FO2.H2S/c1-34(2,3)46-33(44)43-19-18-42(20-25(43)12-16-37)31-26-13-17-41(29-11-7-9-24-8-6-10-27(36)30(24)29)21-28(26)38-32(39-31)45-23-35(14-15-35)22-40(4)5;1-22(35)31(43)42-17-16-41(18-24(42)10-14-36)30-25-11-15-40(28-9-5-7-23-6-4-8-26(34)29(23)28)19-27(25)37-32(38-30)44-21-33(12-13-33)20-39(2)3;1-36(2)20-31(13-14-31)21-39-30-34-26-19-37(27-10-4-8-23-7-3-9-25(32)28(23)27)17-12-24(26)29(35-30)38-16-5-6-22(18-38)11-15-33;1-2(4)3(5)6;/h6-11,25H,12-15,17-23H2,1-5H3;4-9,24H,1,10-13,15-21H2,2-3H3;3-4,7-10,22H,5-6,11-14,16-21H2,1-2H3;1H2,(H,5,6);1H2/t25-;24-;22-;;/m000../s1. The van der Waals surface area contributed by atoms with E-state index in [9.17, 15) is 39.0 Å². The van der Waals surface area contributed by atoms with Crippen LogP contribution in [0.1, 0.15) is 125 Å². The summed E-state index contributed by atoms with van der Waals surface area (Å²) in [5.41, 5.74) is 9.28. The summed E-state index contributed by atoms with van der Waals surface area (Å²) in [5, 5.41) is 44.7. The number of rotatable bonds is 26. The summed E-state index contributed by atoms with van der Waals surface area (Å²) in [4.78, 5) is 88.3. The minimum atomic E-state index is -1.60. The number of piperazine rings is 2. The maximum atomic E-state index is 13.8. The van der Waals surface area contributed by atoms with Crippen molar-refractivity contribution < 1.29 is 47.2 Å². The number of aromatic nitrogens is 6. The number of aliphatic carboxylic acids is 1. The highest BCUT2D eigenvalue weighted by Crippen LogP contribution is 2.50. The number of amides is 2. The number of nitrogens with zero attached hydrogens (tertiary/aromatic N) is 20. The second-order valence-electron chi connectivity index (χ2n) is 39.2. The van der Waals surface area contributed by atoms with Crippen LogP contribution in [0.2, 0.25) is 15.1 Å². The van der Waals surface area contributed by atoms with E-state index in [4.69, 9.17) is 88.8 Å². The average molecular weight is 1930 g/mol. The zero-order chi connectivity index (χ0) is 95.8. The molecule has 720 valence electrons. The highest BCUT2D eigenvalue weighted by atomic mass is 35.5. The largest absolute Gasteiger partial charge is 0.476 e. The molecule has 136 heavy (non-hydrogen) atoms. The molecule has 3 saturated carbocycles. The molecule has 3 saturated heterocycles. The Kier molecular flexibility index (Phi) is 32.2. The molecular formula is C102H123Cl3F2N20O8S. The number of fused-ring (bicyclic) bond motifs is 6. The minimum Gasteiger partial charge on any atom is -0.476 e. The second-order valence-corrected chi connectivity index (χ2v) is 40.5. The smallest absolute Gasteiger partial charge is 0.410 e. The number of carbonyl (C=O) groups excluding carboxylic acids is 2. The van der Waals surface area contributed by atoms with E-state index in [0.29, 0.717) is 114 Å². The van der Waals surface area contributed by atoms with Gasteiger partial charge < -0.3 is 78.0 Å². The Labute approximate surface area is 817 Å². The Balaban J connectivity index is 0.000000158. The van der Waals surface area contributed by atoms with Crippen LogP contribution in [0.3, 0.4) is 0 Å². The number of benzene rings is 6. The molecule has 0 spiro atoms. The normalized spacial score (nSPS) is 18.8. The first kappa shape index (κ1) is 101. The molecule has 3 atom stereocenters. The number of carboxylic acid groups (broad SMARTS) is 1. The van der Waals surface area contributed by atoms with E-state index in [1.807, 2.05) is 63.2 Å². The molecule has 9 aliphatic rings. The molecule has 6 fully saturated rings. The van der Waals surface area contributed by atoms with Crippen molar-refractivity contribution in [1.29, 1.82) is 15.8 Å². The SMILES string of the molecule is C=C(F)C(=O)N1CCN(c2nc(OCC3(CN(C)C)CC3)nc3c2CCN(c2cccc4cccc(Cl)c24)C3)C[C@@H]1CC#N.C=C(F)C(=O)O.CN(C)CC1(COc2nc3c(c(N4CCC[C@@H](CC#N)C4)n2)CCN(c2cccc4cccc(Cl)c24)C3)CC1.CN(C)CC1(COc2nc3c(c(N4CCN(C(=O)OC(C)(C)C)[C@@H](CC#N)C4)n2)CCN(c2cccc4cccc(Cl)c24)C3)CC1.S. The van der Waals surface area contributed by atoms with E-state index in [2.05, 4.69) is 184 Å². The highest BCUT2D eigenvalue weighted by Gasteiger charge is 2.48. The lowest BCUT2D eigenvalue weighted by atomic mass is 9.94. The maximum absolute atomic E-state index is 13.8. The lowest BCUT2D eigenvalue weighted by Gasteiger charge is -2.42. The number of ether oxygens (including phenoxy) is 4. The van der Waals surface area contributed by atoms with Crippen LogP contribution in [-0.2, 0) is 53.2 Å². The molecule has 1 N–H and O–H groups in total. The Morgan fingerprint density at radius 2 is 0.801 bits per heavy atom. The first-order chi connectivity index (χ1) is 64.7. The summed E-state index contributed by atoms with van der Waals surface area (Å²) in [6, 6.07) is 44.1. The van der Waals surface area contributed by atoms with Crippen molar-refractivity contribution in [2.75, 3.05) is 183 Å². The van der Waals surface area contributed by atoms with Crippen LogP contribution in [-0.4, -0.2) is 249 Å². The number of piperidine rings is 1. The lowest BCUT2D eigenvalue weighted by Crippen LogP contribution is -2.56. The fourth-order valence-corrected chi connectivity index (χ4v) is 20.6. The van der Waals surface area contributed by atoms with Gasteiger partial charge in [0.05, 0.1) is 115 Å². The first-order valence-corrected chi connectivity index (χ1v) is 47.7. The quantitative estimate of drug-likeness (QED) is 0.0493. The van der Waals surface area contributed by atoms with Crippen molar-refractivity contribution in [2.45, 2.75) is 148 Å². The summed E-state index contributed by atoms with van der Waals surface area (Å²) in [6.45, 7) is 24.5. The Morgan fingerprint density at radius 3 is 1.12 bits per heavy atom. The van der Waals surface area contributed by atoms with Gasteiger partial charge in [-0.2, -0.15) is 63.6 Å². The topological polar surface area (TPSA) is 293 Å². The molecule has 0 radical (unpaired) electrons. The molecule has 0 unspecified atom stereocenters. The van der Waals surface area contributed by atoms with Crippen LogP contribution < -0.4 is 43.6 Å². The summed E-state index contributed by atoms with van der Waals surface area (Å²) in [5.74, 6) is -1.73. The van der Waals surface area contributed by atoms with Crippen LogP contribution in [0.15, 0.2) is 134 Å². The monoisotopic (exact) mass is 1930 g/mol. The van der Waals surface area contributed by atoms with Crippen LogP contribution >= 0.6 is 48.3 Å². The Morgan fingerprint density at radius 1 is 0.471 bits per heavy atom. The van der Waals surface area contributed by atoms with Gasteiger partial charge in [0.15, 0.2) is 5.83 Å². The molecule has 0 bridgehead atoms. The third-order valence-corrected chi connectivity index (χ3v) is 27.6. The fraction of sp³-hybridized carbons (Fsp3) is 0.490. The predicted molar refractivity (Wildman–Crippen MR) is 535 cm³/mol. The molecule has 18 rings (SSSR count). The number of carboxylic acids is 1. The van der Waals surface area contributed by atoms with E-state index in [-0.39, 0.29) is 61.3 Å². The lowest BCUT2D eigenvalue weighted by molar-refractivity contribution is -0.134. The van der Waals surface area contributed by atoms with Crippen LogP contribution in [0, 0.1) is 56.2 Å². The average Bonchev–Trinajstić information content (AvgIpc) is 0.852. The number of carbonyl (C=O) groups is 3.